The largest absolute Gasteiger partial charge is 0.315 e. The van der Waals surface area contributed by atoms with Crippen molar-refractivity contribution in [2.45, 2.75) is 23.7 Å². The molecule has 166 valence electrons. The maximum absolute atomic E-state index is 13.5. The molecule has 0 aliphatic carbocycles. The standard InChI is InChI=1S/C25H27N3O3S/c26-32(30,31)22-12-10-19(11-13-22)14-16-27-18-23(20-6-2-1-3-7-20)25(29)28-17-15-21-8-4-5-9-24(21)28/h1-13,23,27H,14-18H2,(H2,26,30,31). The summed E-state index contributed by atoms with van der Waals surface area (Å²) in [7, 11) is -3.68. The number of para-hydroxylation sites is 1. The molecule has 3 aromatic carbocycles. The Labute approximate surface area is 189 Å². The molecule has 1 amide bonds. The number of nitrogens with zero attached hydrogens (tertiary/aromatic N) is 1. The number of nitrogens with two attached hydrogens (primary N) is 1. The van der Waals surface area contributed by atoms with Gasteiger partial charge in [-0.05, 0) is 54.3 Å². The molecule has 1 unspecified atom stereocenters. The Balaban J connectivity index is 1.42. The second kappa shape index (κ2) is 9.65. The fraction of sp³-hybridized carbons (Fsp3) is 0.240. The van der Waals surface area contributed by atoms with E-state index in [1.807, 2.05) is 53.4 Å². The zero-order valence-corrected chi connectivity index (χ0v) is 18.6. The van der Waals surface area contributed by atoms with Crippen LogP contribution >= 0.6 is 0 Å². The molecule has 3 N–H and O–H groups in total. The number of carbonyl (C=O) groups excluding carboxylic acids is 1. The molecule has 7 heteroatoms. The average Bonchev–Trinajstić information content (AvgIpc) is 3.23. The molecule has 1 aliphatic heterocycles. The molecular weight excluding hydrogens is 422 g/mol. The third-order valence-electron chi connectivity index (χ3n) is 5.84. The van der Waals surface area contributed by atoms with Crippen LogP contribution in [0.1, 0.15) is 22.6 Å². The normalized spacial score (nSPS) is 14.2. The number of hydrogen-bond donors (Lipinski definition) is 2. The van der Waals surface area contributed by atoms with Crippen molar-refractivity contribution >= 4 is 21.6 Å². The summed E-state index contributed by atoms with van der Waals surface area (Å²) in [5.74, 6) is -0.182. The second-order valence-electron chi connectivity index (χ2n) is 7.97. The number of primary sulfonamides is 1. The number of benzene rings is 3. The van der Waals surface area contributed by atoms with E-state index in [0.717, 1.165) is 23.2 Å². The summed E-state index contributed by atoms with van der Waals surface area (Å²) < 4.78 is 22.8. The van der Waals surface area contributed by atoms with Gasteiger partial charge in [-0.15, -0.1) is 0 Å². The van der Waals surface area contributed by atoms with Gasteiger partial charge in [0.1, 0.15) is 0 Å². The summed E-state index contributed by atoms with van der Waals surface area (Å²) in [5, 5.41) is 8.57. The highest BCUT2D eigenvalue weighted by Gasteiger charge is 2.30. The first-order valence-corrected chi connectivity index (χ1v) is 12.2. The maximum Gasteiger partial charge on any atom is 0.238 e. The van der Waals surface area contributed by atoms with E-state index in [2.05, 4.69) is 11.4 Å². The van der Waals surface area contributed by atoms with Gasteiger partial charge >= 0.3 is 0 Å². The van der Waals surface area contributed by atoms with Gasteiger partial charge < -0.3 is 10.2 Å². The molecule has 3 aromatic rings. The van der Waals surface area contributed by atoms with Crippen LogP contribution in [0.15, 0.2) is 83.8 Å². The van der Waals surface area contributed by atoms with Gasteiger partial charge in [-0.2, -0.15) is 0 Å². The molecule has 1 heterocycles. The minimum absolute atomic E-state index is 0.103. The van der Waals surface area contributed by atoms with Crippen LogP contribution in [-0.2, 0) is 27.7 Å². The molecule has 0 bridgehead atoms. The lowest BCUT2D eigenvalue weighted by atomic mass is 9.97. The van der Waals surface area contributed by atoms with Crippen LogP contribution in [0, 0.1) is 0 Å². The third-order valence-corrected chi connectivity index (χ3v) is 6.77. The van der Waals surface area contributed by atoms with Gasteiger partial charge in [0.15, 0.2) is 0 Å². The molecule has 32 heavy (non-hydrogen) atoms. The molecule has 0 radical (unpaired) electrons. The second-order valence-corrected chi connectivity index (χ2v) is 9.54. The fourth-order valence-corrected chi connectivity index (χ4v) is 4.63. The third kappa shape index (κ3) is 5.07. The Hall–Kier alpha value is -3.00. The number of hydrogen-bond acceptors (Lipinski definition) is 4. The lowest BCUT2D eigenvalue weighted by molar-refractivity contribution is -0.119. The van der Waals surface area contributed by atoms with Crippen molar-refractivity contribution in [3.05, 3.63) is 95.6 Å². The number of rotatable bonds is 8. The van der Waals surface area contributed by atoms with Crippen molar-refractivity contribution in [3.8, 4) is 0 Å². The highest BCUT2D eigenvalue weighted by Crippen LogP contribution is 2.30. The first-order valence-electron chi connectivity index (χ1n) is 10.7. The van der Waals surface area contributed by atoms with Gasteiger partial charge in [-0.1, -0.05) is 60.7 Å². The van der Waals surface area contributed by atoms with Crippen LogP contribution in [0.3, 0.4) is 0 Å². The van der Waals surface area contributed by atoms with Crippen molar-refractivity contribution in [2.75, 3.05) is 24.5 Å². The summed E-state index contributed by atoms with van der Waals surface area (Å²) in [6.07, 6.45) is 1.60. The molecule has 6 nitrogen and oxygen atoms in total. The van der Waals surface area contributed by atoms with Gasteiger partial charge in [-0.3, -0.25) is 4.79 Å². The first kappa shape index (κ1) is 22.2. The molecule has 1 aliphatic rings. The van der Waals surface area contributed by atoms with Gasteiger partial charge in [0, 0.05) is 18.8 Å². The van der Waals surface area contributed by atoms with Crippen molar-refractivity contribution in [3.63, 3.8) is 0 Å². The number of anilines is 1. The van der Waals surface area contributed by atoms with E-state index in [0.29, 0.717) is 26.1 Å². The van der Waals surface area contributed by atoms with E-state index in [1.165, 1.54) is 17.7 Å². The highest BCUT2D eigenvalue weighted by atomic mass is 32.2. The SMILES string of the molecule is NS(=O)(=O)c1ccc(CCNCC(C(=O)N2CCc3ccccc32)c2ccccc2)cc1. The predicted molar refractivity (Wildman–Crippen MR) is 126 cm³/mol. The minimum atomic E-state index is -3.68. The Morgan fingerprint density at radius 1 is 0.969 bits per heavy atom. The van der Waals surface area contributed by atoms with Crippen LogP contribution in [0.25, 0.3) is 0 Å². The summed E-state index contributed by atoms with van der Waals surface area (Å²) in [4.78, 5) is 15.5. The van der Waals surface area contributed by atoms with Crippen molar-refractivity contribution in [1.29, 1.82) is 0 Å². The molecule has 0 saturated heterocycles. The Morgan fingerprint density at radius 2 is 1.66 bits per heavy atom. The Morgan fingerprint density at radius 3 is 2.38 bits per heavy atom. The van der Waals surface area contributed by atoms with Crippen molar-refractivity contribution < 1.29 is 13.2 Å². The van der Waals surface area contributed by atoms with Crippen molar-refractivity contribution in [1.82, 2.24) is 5.32 Å². The molecular formula is C25H27N3O3S. The summed E-state index contributed by atoms with van der Waals surface area (Å²) in [6.45, 7) is 1.90. The van der Waals surface area contributed by atoms with Crippen LogP contribution in [0.2, 0.25) is 0 Å². The maximum atomic E-state index is 13.5. The van der Waals surface area contributed by atoms with Gasteiger partial charge in [-0.25, -0.2) is 13.6 Å². The molecule has 0 fully saturated rings. The summed E-state index contributed by atoms with van der Waals surface area (Å²) in [6, 6.07) is 24.5. The van der Waals surface area contributed by atoms with E-state index in [4.69, 9.17) is 5.14 Å². The Kier molecular flexibility index (Phi) is 6.69. The van der Waals surface area contributed by atoms with Crippen LogP contribution in [0.4, 0.5) is 5.69 Å². The van der Waals surface area contributed by atoms with Crippen LogP contribution < -0.4 is 15.4 Å². The number of nitrogens with one attached hydrogen (secondary N) is 1. The van der Waals surface area contributed by atoms with Crippen LogP contribution in [0.5, 0.6) is 0 Å². The van der Waals surface area contributed by atoms with Crippen molar-refractivity contribution in [2.24, 2.45) is 5.14 Å². The molecule has 4 rings (SSSR count). The summed E-state index contributed by atoms with van der Waals surface area (Å²) in [5.41, 5.74) is 4.21. The number of carbonyl (C=O) groups is 1. The minimum Gasteiger partial charge on any atom is -0.315 e. The average molecular weight is 450 g/mol. The lowest BCUT2D eigenvalue weighted by Gasteiger charge is -2.25. The Bertz CT molecular complexity index is 1180. The van der Waals surface area contributed by atoms with Gasteiger partial charge in [0.2, 0.25) is 15.9 Å². The smallest absolute Gasteiger partial charge is 0.238 e. The topological polar surface area (TPSA) is 92.5 Å². The number of amides is 1. The van der Waals surface area contributed by atoms with E-state index in [-0.39, 0.29) is 16.7 Å². The molecule has 0 aromatic heterocycles. The predicted octanol–water partition coefficient (Wildman–Crippen LogP) is 2.84. The van der Waals surface area contributed by atoms with E-state index in [1.54, 1.807) is 12.1 Å². The first-order chi connectivity index (χ1) is 15.4. The van der Waals surface area contributed by atoms with E-state index in [9.17, 15) is 13.2 Å². The number of fused-ring (bicyclic) bond motifs is 1. The quantitative estimate of drug-likeness (QED) is 0.517. The zero-order chi connectivity index (χ0) is 22.6. The lowest BCUT2D eigenvalue weighted by Crippen LogP contribution is -2.38. The van der Waals surface area contributed by atoms with E-state index >= 15 is 0 Å². The zero-order valence-electron chi connectivity index (χ0n) is 17.8. The molecule has 1 atom stereocenters. The fourth-order valence-electron chi connectivity index (χ4n) is 4.11. The van der Waals surface area contributed by atoms with E-state index < -0.39 is 10.0 Å². The number of sulfonamides is 1. The summed E-state index contributed by atoms with van der Waals surface area (Å²) >= 11 is 0. The van der Waals surface area contributed by atoms with Gasteiger partial charge in [0.05, 0.1) is 10.8 Å². The monoisotopic (exact) mass is 449 g/mol. The van der Waals surface area contributed by atoms with Crippen LogP contribution in [-0.4, -0.2) is 34.0 Å². The van der Waals surface area contributed by atoms with Gasteiger partial charge in [0.25, 0.3) is 0 Å². The molecule has 0 spiro atoms. The highest BCUT2D eigenvalue weighted by molar-refractivity contribution is 7.89. The molecule has 0 saturated carbocycles.